The minimum atomic E-state index is 0.361. The molecule has 0 atom stereocenters. The number of rotatable bonds is 5. The Hall–Kier alpha value is 0.140. The van der Waals surface area contributed by atoms with Crippen LogP contribution in [-0.2, 0) is 9.47 Å². The van der Waals surface area contributed by atoms with E-state index in [1.165, 1.54) is 0 Å². The van der Waals surface area contributed by atoms with E-state index in [9.17, 15) is 0 Å². The highest BCUT2D eigenvalue weighted by atomic mass is 79.9. The van der Waals surface area contributed by atoms with Crippen molar-refractivity contribution in [3.63, 3.8) is 0 Å². The molecule has 0 bridgehead atoms. The van der Waals surface area contributed by atoms with Gasteiger partial charge < -0.3 is 9.47 Å². The second kappa shape index (κ2) is 6.26. The van der Waals surface area contributed by atoms with Crippen LogP contribution in [0.1, 0.15) is 6.42 Å². The fourth-order valence-corrected chi connectivity index (χ4v) is 0.487. The molecule has 0 saturated heterocycles. The lowest BCUT2D eigenvalue weighted by molar-refractivity contribution is -0.0286. The molecule has 0 radical (unpaired) electrons. The summed E-state index contributed by atoms with van der Waals surface area (Å²) in [5.74, 6) is 0. The van der Waals surface area contributed by atoms with E-state index in [1.54, 1.807) is 7.11 Å². The Morgan fingerprint density at radius 2 is 2.33 bits per heavy atom. The summed E-state index contributed by atoms with van der Waals surface area (Å²) in [6.45, 7) is 4.67. The topological polar surface area (TPSA) is 18.5 Å². The SMILES string of the molecule is C=C(Br)CCOCOC. The molecule has 0 spiro atoms. The molecule has 0 aliphatic carbocycles. The summed E-state index contributed by atoms with van der Waals surface area (Å²) in [4.78, 5) is 0. The van der Waals surface area contributed by atoms with Gasteiger partial charge in [-0.2, -0.15) is 0 Å². The number of methoxy groups -OCH3 is 1. The van der Waals surface area contributed by atoms with Crippen LogP contribution >= 0.6 is 15.9 Å². The van der Waals surface area contributed by atoms with E-state index in [2.05, 4.69) is 27.2 Å². The zero-order valence-corrected chi connectivity index (χ0v) is 7.11. The normalized spacial score (nSPS) is 9.56. The Labute approximate surface area is 64.0 Å². The third-order valence-electron chi connectivity index (χ3n) is 0.719. The van der Waals surface area contributed by atoms with Gasteiger partial charge in [-0.05, 0) is 4.48 Å². The average Bonchev–Trinajstić information content (AvgIpc) is 1.80. The zero-order chi connectivity index (χ0) is 7.11. The Balaban J connectivity index is 2.83. The molecular weight excluding hydrogens is 184 g/mol. The third kappa shape index (κ3) is 8.14. The Kier molecular flexibility index (Phi) is 6.36. The first-order valence-corrected chi connectivity index (χ1v) is 3.46. The molecule has 0 unspecified atom stereocenters. The first-order chi connectivity index (χ1) is 4.27. The van der Waals surface area contributed by atoms with E-state index in [0.717, 1.165) is 10.9 Å². The second-order valence-electron chi connectivity index (χ2n) is 1.58. The van der Waals surface area contributed by atoms with E-state index in [-0.39, 0.29) is 0 Å². The van der Waals surface area contributed by atoms with Gasteiger partial charge in [0.25, 0.3) is 0 Å². The van der Waals surface area contributed by atoms with Gasteiger partial charge in [-0.15, -0.1) is 0 Å². The van der Waals surface area contributed by atoms with Crippen LogP contribution in [0, 0.1) is 0 Å². The van der Waals surface area contributed by atoms with Crippen molar-refractivity contribution in [2.24, 2.45) is 0 Å². The monoisotopic (exact) mass is 194 g/mol. The second-order valence-corrected chi connectivity index (χ2v) is 2.70. The smallest absolute Gasteiger partial charge is 0.146 e. The fourth-order valence-electron chi connectivity index (χ4n) is 0.325. The van der Waals surface area contributed by atoms with Gasteiger partial charge in [-0.3, -0.25) is 0 Å². The highest BCUT2D eigenvalue weighted by molar-refractivity contribution is 9.11. The molecule has 9 heavy (non-hydrogen) atoms. The third-order valence-corrected chi connectivity index (χ3v) is 1.12. The van der Waals surface area contributed by atoms with Crippen LogP contribution in [0.5, 0.6) is 0 Å². The summed E-state index contributed by atoms with van der Waals surface area (Å²) in [5, 5.41) is 0. The Morgan fingerprint density at radius 1 is 1.67 bits per heavy atom. The van der Waals surface area contributed by atoms with Gasteiger partial charge >= 0.3 is 0 Å². The molecule has 3 heteroatoms. The van der Waals surface area contributed by atoms with Crippen molar-refractivity contribution < 1.29 is 9.47 Å². The summed E-state index contributed by atoms with van der Waals surface area (Å²) in [6.07, 6.45) is 0.837. The van der Waals surface area contributed by atoms with Crippen LogP contribution in [0.25, 0.3) is 0 Å². The molecule has 0 aromatic carbocycles. The minimum absolute atomic E-state index is 0.361. The minimum Gasteiger partial charge on any atom is -0.359 e. The predicted molar refractivity (Wildman–Crippen MR) is 40.5 cm³/mol. The maximum Gasteiger partial charge on any atom is 0.146 e. The molecule has 54 valence electrons. The number of hydrogen-bond acceptors (Lipinski definition) is 2. The quantitative estimate of drug-likeness (QED) is 0.492. The number of halogens is 1. The molecule has 0 amide bonds. The van der Waals surface area contributed by atoms with Gasteiger partial charge in [0.2, 0.25) is 0 Å². The zero-order valence-electron chi connectivity index (χ0n) is 5.52. The molecule has 0 N–H and O–H groups in total. The summed E-state index contributed by atoms with van der Waals surface area (Å²) in [7, 11) is 1.60. The van der Waals surface area contributed by atoms with Gasteiger partial charge in [-0.1, -0.05) is 22.5 Å². The summed E-state index contributed by atoms with van der Waals surface area (Å²) < 4.78 is 10.6. The van der Waals surface area contributed by atoms with Crippen molar-refractivity contribution in [2.75, 3.05) is 20.5 Å². The Bertz CT molecular complexity index is 83.1. The van der Waals surface area contributed by atoms with Crippen molar-refractivity contribution >= 4 is 15.9 Å². The predicted octanol–water partition coefficient (Wildman–Crippen LogP) is 1.91. The molecule has 0 heterocycles. The van der Waals surface area contributed by atoms with Crippen molar-refractivity contribution in [1.82, 2.24) is 0 Å². The lowest BCUT2D eigenvalue weighted by atomic mass is 10.5. The molecular formula is C6H11BrO2. The molecule has 0 saturated carbocycles. The first-order valence-electron chi connectivity index (χ1n) is 2.67. The van der Waals surface area contributed by atoms with E-state index >= 15 is 0 Å². The van der Waals surface area contributed by atoms with Crippen LogP contribution in [0.15, 0.2) is 11.1 Å². The maximum atomic E-state index is 4.98. The summed E-state index contributed by atoms with van der Waals surface area (Å²) >= 11 is 3.21. The lowest BCUT2D eigenvalue weighted by Gasteiger charge is -1.99. The number of ether oxygens (including phenoxy) is 2. The summed E-state index contributed by atoms with van der Waals surface area (Å²) in [6, 6.07) is 0. The van der Waals surface area contributed by atoms with Crippen molar-refractivity contribution in [1.29, 1.82) is 0 Å². The molecule has 0 aromatic heterocycles. The molecule has 0 aliphatic heterocycles. The van der Waals surface area contributed by atoms with Crippen molar-refractivity contribution in [3.05, 3.63) is 11.1 Å². The van der Waals surface area contributed by atoms with Crippen LogP contribution in [0.4, 0.5) is 0 Å². The van der Waals surface area contributed by atoms with E-state index < -0.39 is 0 Å². The van der Waals surface area contributed by atoms with Crippen LogP contribution in [-0.4, -0.2) is 20.5 Å². The number of hydrogen-bond donors (Lipinski definition) is 0. The van der Waals surface area contributed by atoms with Crippen LogP contribution in [0.3, 0.4) is 0 Å². The van der Waals surface area contributed by atoms with Crippen LogP contribution < -0.4 is 0 Å². The van der Waals surface area contributed by atoms with Crippen molar-refractivity contribution in [2.45, 2.75) is 6.42 Å². The van der Waals surface area contributed by atoms with Gasteiger partial charge in [0.05, 0.1) is 6.61 Å². The van der Waals surface area contributed by atoms with E-state index in [4.69, 9.17) is 4.74 Å². The van der Waals surface area contributed by atoms with Gasteiger partial charge in [0.15, 0.2) is 0 Å². The fraction of sp³-hybridized carbons (Fsp3) is 0.667. The van der Waals surface area contributed by atoms with E-state index in [1.807, 2.05) is 0 Å². The van der Waals surface area contributed by atoms with Gasteiger partial charge in [0, 0.05) is 13.5 Å². The highest BCUT2D eigenvalue weighted by Gasteiger charge is 1.87. The molecule has 2 nitrogen and oxygen atoms in total. The molecule has 0 aromatic rings. The standard InChI is InChI=1S/C6H11BrO2/c1-6(7)3-4-9-5-8-2/h1,3-5H2,2H3. The van der Waals surface area contributed by atoms with Crippen molar-refractivity contribution in [3.8, 4) is 0 Å². The average molecular weight is 195 g/mol. The molecule has 0 rings (SSSR count). The highest BCUT2D eigenvalue weighted by Crippen LogP contribution is 2.05. The van der Waals surface area contributed by atoms with E-state index in [0.29, 0.717) is 13.4 Å². The van der Waals surface area contributed by atoms with Crippen LogP contribution in [0.2, 0.25) is 0 Å². The largest absolute Gasteiger partial charge is 0.359 e. The first kappa shape index (κ1) is 9.14. The molecule has 0 fully saturated rings. The molecule has 0 aliphatic rings. The lowest BCUT2D eigenvalue weighted by Crippen LogP contribution is -1.97. The van der Waals surface area contributed by atoms with Gasteiger partial charge in [0.1, 0.15) is 6.79 Å². The maximum absolute atomic E-state index is 4.98. The Morgan fingerprint density at radius 3 is 2.78 bits per heavy atom. The van der Waals surface area contributed by atoms with Gasteiger partial charge in [-0.25, -0.2) is 0 Å². The summed E-state index contributed by atoms with van der Waals surface area (Å²) in [5.41, 5.74) is 0.